The Morgan fingerprint density at radius 1 is 0.454 bits per heavy atom. The third-order valence-corrected chi connectivity index (χ3v) is 21.5. The average molecular weight is 1700 g/mol. The molecule has 628 valence electrons. The van der Waals surface area contributed by atoms with E-state index in [4.69, 9.17) is 84.7 Å². The summed E-state index contributed by atoms with van der Waals surface area (Å²) in [6.45, 7) is 9.93. The number of para-hydroxylation sites is 4. The summed E-state index contributed by atoms with van der Waals surface area (Å²) in [6, 6.07) is 25.5. The van der Waals surface area contributed by atoms with E-state index in [0.717, 1.165) is 150 Å². The Morgan fingerprint density at radius 3 is 1.23 bits per heavy atom. The molecule has 7 aromatic heterocycles. The molecule has 0 radical (unpaired) electrons. The van der Waals surface area contributed by atoms with Crippen molar-refractivity contribution >= 4 is 137 Å². The molecule has 1 amide bonds. The lowest BCUT2D eigenvalue weighted by atomic mass is 10.1. The van der Waals surface area contributed by atoms with Gasteiger partial charge in [0.25, 0.3) is 0 Å². The number of primary amides is 1. The monoisotopic (exact) mass is 1690 g/mol. The molecule has 3 aliphatic carbocycles. The highest BCUT2D eigenvalue weighted by molar-refractivity contribution is 6.37. The number of methoxy groups -OCH3 is 4. The Hall–Kier alpha value is -10.8. The number of rotatable bonds is 20. The minimum Gasteiger partial charge on any atom is -0.492 e. The minimum absolute atomic E-state index is 0.00853. The van der Waals surface area contributed by atoms with Gasteiger partial charge >= 0.3 is 0 Å². The number of aromatic nitrogens is 10. The molecule has 6 fully saturated rings. The number of carbonyl (C=O) groups is 3. The molecule has 4 aromatic carbocycles. The van der Waals surface area contributed by atoms with Crippen LogP contribution in [0.4, 0.5) is 63.1 Å². The number of anilines is 7. The van der Waals surface area contributed by atoms with E-state index in [-0.39, 0.29) is 83.3 Å². The van der Waals surface area contributed by atoms with Crippen molar-refractivity contribution < 1.29 is 65.1 Å². The van der Waals surface area contributed by atoms with Crippen molar-refractivity contribution in [3.05, 3.63) is 170 Å². The number of nitrogens with one attached hydrogen (secondary N) is 3. The predicted octanol–water partition coefficient (Wildman–Crippen LogP) is 19.0. The third-order valence-electron chi connectivity index (χ3n) is 20.9. The Balaban J connectivity index is 0.000000130. The van der Waals surface area contributed by atoms with Gasteiger partial charge in [-0.1, -0.05) is 59.1 Å². The molecule has 7 N–H and O–H groups in total. The van der Waals surface area contributed by atoms with Crippen LogP contribution in [0.3, 0.4) is 0 Å². The number of aryl methyl sites for hydroxylation is 3. The number of halogens is 7. The molecule has 11 aromatic rings. The van der Waals surface area contributed by atoms with E-state index in [9.17, 15) is 31.9 Å². The van der Waals surface area contributed by atoms with Crippen LogP contribution in [0.2, 0.25) is 15.3 Å². The third kappa shape index (κ3) is 20.9. The Bertz CT molecular complexity index is 5550. The van der Waals surface area contributed by atoms with Gasteiger partial charge in [0.05, 0.1) is 90.4 Å². The molecule has 3 saturated carbocycles. The maximum Gasteiger partial charge on any atom is 0.220 e. The highest BCUT2D eigenvalue weighted by atomic mass is 35.5. The quantitative estimate of drug-likeness (QED) is 0.0269. The van der Waals surface area contributed by atoms with E-state index >= 15 is 0 Å². The highest BCUT2D eigenvalue weighted by Crippen LogP contribution is 2.43. The van der Waals surface area contributed by atoms with E-state index in [2.05, 4.69) is 50.6 Å². The predicted molar refractivity (Wildman–Crippen MR) is 450 cm³/mol. The lowest BCUT2D eigenvalue weighted by Crippen LogP contribution is -2.19. The highest BCUT2D eigenvalue weighted by Gasteiger charge is 2.34. The van der Waals surface area contributed by atoms with Crippen LogP contribution in [-0.2, 0) is 47.9 Å². The maximum absolute atomic E-state index is 14.3. The van der Waals surface area contributed by atoms with Gasteiger partial charge in [0, 0.05) is 68.6 Å². The second-order valence-corrected chi connectivity index (χ2v) is 31.0. The van der Waals surface area contributed by atoms with Crippen molar-refractivity contribution in [3.63, 3.8) is 0 Å². The van der Waals surface area contributed by atoms with Crippen LogP contribution in [0.1, 0.15) is 156 Å². The smallest absolute Gasteiger partial charge is 0.220 e. The van der Waals surface area contributed by atoms with Crippen LogP contribution in [0.15, 0.2) is 102 Å². The van der Waals surface area contributed by atoms with Gasteiger partial charge in [-0.25, -0.2) is 47.5 Å². The number of aliphatic imine (C=N–C) groups is 1. The minimum atomic E-state index is -0.454. The summed E-state index contributed by atoms with van der Waals surface area (Å²) in [4.78, 5) is 71.5. The molecule has 18 rings (SSSR count). The van der Waals surface area contributed by atoms with Gasteiger partial charge < -0.3 is 60.6 Å². The van der Waals surface area contributed by atoms with E-state index in [1.54, 1.807) is 54.6 Å². The number of fused-ring (bicyclic) bond motifs is 4. The molecule has 11 heterocycles. The number of nitrogens with two attached hydrogens (primary N) is 2. The normalized spacial score (nSPS) is 17.2. The molecule has 26 nitrogen and oxygen atoms in total. The van der Waals surface area contributed by atoms with Crippen LogP contribution in [0.5, 0.6) is 23.0 Å². The van der Waals surface area contributed by atoms with E-state index in [1.165, 1.54) is 58.8 Å². The summed E-state index contributed by atoms with van der Waals surface area (Å²) < 4.78 is 98.9. The van der Waals surface area contributed by atoms with Crippen molar-refractivity contribution in [3.8, 4) is 23.0 Å². The van der Waals surface area contributed by atoms with Crippen LogP contribution < -0.4 is 46.4 Å². The Labute approximate surface area is 700 Å². The number of amides is 1. The topological polar surface area (TPSA) is 321 Å². The van der Waals surface area contributed by atoms with Crippen molar-refractivity contribution in [1.82, 2.24) is 48.6 Å². The van der Waals surface area contributed by atoms with Crippen LogP contribution in [-0.4, -0.2) is 120 Å². The fourth-order valence-electron chi connectivity index (χ4n) is 14.6. The number of benzene rings is 4. The summed E-state index contributed by atoms with van der Waals surface area (Å²) >= 11 is 18.4. The zero-order valence-corrected chi connectivity index (χ0v) is 69.6. The first kappa shape index (κ1) is 86.1. The van der Waals surface area contributed by atoms with Crippen molar-refractivity contribution in [1.29, 1.82) is 0 Å². The average Bonchev–Trinajstić information content (AvgIpc) is 1.64. The van der Waals surface area contributed by atoms with Gasteiger partial charge in [-0.3, -0.25) is 38.1 Å². The Kier molecular flexibility index (Phi) is 28.2. The molecule has 3 atom stereocenters. The van der Waals surface area contributed by atoms with Gasteiger partial charge in [-0.2, -0.15) is 0 Å². The zero-order valence-electron chi connectivity index (χ0n) is 67.4. The summed E-state index contributed by atoms with van der Waals surface area (Å²) in [5, 5.41) is 10.9. The fourth-order valence-corrected chi connectivity index (χ4v) is 15.2. The molecule has 3 unspecified atom stereocenters. The van der Waals surface area contributed by atoms with Gasteiger partial charge in [0.1, 0.15) is 80.3 Å². The standard InChI is InChI=1S/C24H27FN4O3.C20H20FN3O2.C19H20ClFN4O2.C12H13Cl2N3O.C7H8FNO.C4H7NO/c1-14-26-22-19(28-18-7-5-6-17(25)23(18)31-2)12-16(13-20(30)15-9-10-15)27-24(22)29(14)21-8-3-4-11-32-21;1-11-8-16-19(22-11)17(9-13(23-16)10-18(25)12-6-7-12)24-15-5-3-4-14(21)20(15)26-2;1-11-22-17-14(23-13-7-5-6-12(21)18(13)26-2)10-15(20)24-19(17)25(11)16-8-3-4-9-27-16;1-7-15-11-8(13)6-9(14)16-12(11)17(7)10-4-2-3-5-18-10;1-10-7-5(8)3-2-4-6(7)9;5-4(6)3-1-2-3/h5-7,12,15,21H,3-4,8-11,13H2,1-2H3,(H,27,28);3-5,9,12H,6-8,10H2,1-2H3,(H,23,24);5-7,10,16H,3-4,8-9H2,1-2H3,(H,23,24);6,10H,2-5H2,1H3;2-4H,9H2,1H3;3H,1-2H2,(H2,5,6). The zero-order chi connectivity index (χ0) is 84.3. The molecular formula is C86H95Cl3F4N16O10. The number of nitrogens with zero attached hydrogens (tertiary/aromatic N) is 11. The van der Waals surface area contributed by atoms with Gasteiger partial charge in [0.15, 0.2) is 63.2 Å². The van der Waals surface area contributed by atoms with Crippen LogP contribution in [0, 0.1) is 61.8 Å². The van der Waals surface area contributed by atoms with E-state index < -0.39 is 23.3 Å². The number of ketones is 2. The molecule has 3 saturated heterocycles. The number of hydrogen-bond acceptors (Lipinski definition) is 22. The summed E-state index contributed by atoms with van der Waals surface area (Å²) in [7, 11) is 5.68. The number of Topliss-reactive ketones (excluding diaryl/α,β-unsaturated/α-hetero) is 2. The molecule has 33 heteroatoms. The lowest BCUT2D eigenvalue weighted by molar-refractivity contribution is -0.120. The number of carbonyl (C=O) groups excluding carboxylic acids is 3. The second kappa shape index (κ2) is 39.0. The lowest BCUT2D eigenvalue weighted by Gasteiger charge is -2.25. The first-order chi connectivity index (χ1) is 57.4. The van der Waals surface area contributed by atoms with Crippen LogP contribution >= 0.6 is 34.8 Å². The largest absolute Gasteiger partial charge is 0.492 e. The summed E-state index contributed by atoms with van der Waals surface area (Å²) in [5.74, 6) is 2.09. The van der Waals surface area contributed by atoms with Crippen molar-refractivity contribution in [2.45, 2.75) is 162 Å². The number of pyridine rings is 4. The van der Waals surface area contributed by atoms with E-state index in [1.807, 2.05) is 53.5 Å². The Morgan fingerprint density at radius 2 is 0.832 bits per heavy atom. The second-order valence-electron chi connectivity index (χ2n) is 29.8. The maximum atomic E-state index is 14.3. The van der Waals surface area contributed by atoms with Gasteiger partial charge in [-0.05, 0) is 191 Å². The number of ether oxygens (including phenoxy) is 7. The SMILES string of the molecule is COc1c(F)cccc1Nc1cc(CC(=O)C2CC2)nc2c1N=C(C)C2.COc1c(F)cccc1Nc1cc(CC(=O)C2CC2)nc2c1nc(C)n2C1CCCCO1.COc1c(F)cccc1Nc1cc(Cl)nc2c1nc(C)n2C1CCCCO1.COc1c(N)cccc1F.Cc1nc2c(Cl)cc(Cl)nc2n1C1CCCCO1.NC(=O)C1CC1. The molecule has 0 bridgehead atoms. The fraction of sp³-hybridized carbons (Fsp3) is 0.407. The summed E-state index contributed by atoms with van der Waals surface area (Å²) in [5.41, 5.74) is 22.0. The van der Waals surface area contributed by atoms with Crippen molar-refractivity contribution in [2.24, 2.45) is 28.5 Å². The number of nitrogen functional groups attached to an aromatic ring is 1. The molecule has 119 heavy (non-hydrogen) atoms. The summed E-state index contributed by atoms with van der Waals surface area (Å²) in [6.07, 6.45) is 16.2. The number of hydrogen-bond donors (Lipinski definition) is 5. The van der Waals surface area contributed by atoms with Gasteiger partial charge in [0.2, 0.25) is 5.91 Å². The van der Waals surface area contributed by atoms with E-state index in [0.29, 0.717) is 114 Å². The van der Waals surface area contributed by atoms with Crippen molar-refractivity contribution in [2.75, 3.05) is 69.9 Å². The molecule has 4 aliphatic heterocycles. The first-order valence-corrected chi connectivity index (χ1v) is 40.8. The molecule has 0 spiro atoms. The molecule has 7 aliphatic rings. The molecular weight excluding hydrogens is 1600 g/mol. The van der Waals surface area contributed by atoms with Gasteiger partial charge in [-0.15, -0.1) is 0 Å². The number of imidazole rings is 3. The van der Waals surface area contributed by atoms with Crippen LogP contribution in [0.25, 0.3) is 33.5 Å². The first-order valence-electron chi connectivity index (χ1n) is 39.7.